The lowest BCUT2D eigenvalue weighted by Crippen LogP contribution is -2.41. The summed E-state index contributed by atoms with van der Waals surface area (Å²) in [4.78, 5) is 23.6. The lowest BCUT2D eigenvalue weighted by atomic mass is 9.93. The summed E-state index contributed by atoms with van der Waals surface area (Å²) in [5.41, 5.74) is 2.33. The Morgan fingerprint density at radius 1 is 1.04 bits per heavy atom. The molecule has 0 heterocycles. The summed E-state index contributed by atoms with van der Waals surface area (Å²) in [6, 6.07) is 12.6. The summed E-state index contributed by atoms with van der Waals surface area (Å²) in [5, 5.41) is 6.57. The molecular formula is C22H25ClN2O3. The van der Waals surface area contributed by atoms with Gasteiger partial charge in [-0.3, -0.25) is 4.79 Å². The third-order valence-corrected chi connectivity index (χ3v) is 5.41. The number of carbonyl (C=O) groups is 2. The van der Waals surface area contributed by atoms with Crippen LogP contribution in [-0.2, 0) is 0 Å². The molecule has 2 aromatic carbocycles. The molecule has 2 N–H and O–H groups in total. The fourth-order valence-electron chi connectivity index (χ4n) is 3.36. The van der Waals surface area contributed by atoms with Gasteiger partial charge in [0.2, 0.25) is 0 Å². The maximum absolute atomic E-state index is 12.2. The maximum Gasteiger partial charge on any atom is 0.319 e. The number of benzene rings is 2. The second-order valence-corrected chi connectivity index (χ2v) is 7.64. The van der Waals surface area contributed by atoms with Crippen molar-refractivity contribution >= 4 is 29.1 Å². The van der Waals surface area contributed by atoms with E-state index in [0.29, 0.717) is 10.6 Å². The number of anilines is 1. The van der Waals surface area contributed by atoms with Gasteiger partial charge in [0.05, 0.1) is 6.10 Å². The third-order valence-electron chi connectivity index (χ3n) is 4.99. The van der Waals surface area contributed by atoms with Gasteiger partial charge in [-0.1, -0.05) is 11.6 Å². The summed E-state index contributed by atoms with van der Waals surface area (Å²) in [5.74, 6) is 0.822. The van der Waals surface area contributed by atoms with Crippen molar-refractivity contribution in [2.45, 2.75) is 51.7 Å². The van der Waals surface area contributed by atoms with E-state index in [2.05, 4.69) is 10.6 Å². The minimum atomic E-state index is -0.203. The Morgan fingerprint density at radius 3 is 2.32 bits per heavy atom. The molecule has 1 aliphatic rings. The summed E-state index contributed by atoms with van der Waals surface area (Å²) >= 11 is 6.01. The first-order valence-electron chi connectivity index (χ1n) is 9.52. The highest BCUT2D eigenvalue weighted by molar-refractivity contribution is 6.31. The first kappa shape index (κ1) is 20.2. The van der Waals surface area contributed by atoms with Gasteiger partial charge in [-0.15, -0.1) is 0 Å². The molecule has 0 radical (unpaired) electrons. The first-order valence-corrected chi connectivity index (χ1v) is 9.90. The second-order valence-electron chi connectivity index (χ2n) is 7.23. The zero-order chi connectivity index (χ0) is 20.1. The Morgan fingerprint density at radius 2 is 1.71 bits per heavy atom. The number of nitrogens with one attached hydrogen (secondary N) is 2. The van der Waals surface area contributed by atoms with E-state index >= 15 is 0 Å². The summed E-state index contributed by atoms with van der Waals surface area (Å²) in [7, 11) is 0. The summed E-state index contributed by atoms with van der Waals surface area (Å²) in [6.07, 6.45) is 3.61. The zero-order valence-electron chi connectivity index (χ0n) is 16.1. The molecule has 0 atom stereocenters. The van der Waals surface area contributed by atoms with Gasteiger partial charge in [0.25, 0.3) is 0 Å². The van der Waals surface area contributed by atoms with Crippen LogP contribution in [-0.4, -0.2) is 24.0 Å². The molecule has 2 aromatic rings. The van der Waals surface area contributed by atoms with Gasteiger partial charge in [0.15, 0.2) is 5.78 Å². The van der Waals surface area contributed by atoms with Crippen molar-refractivity contribution in [1.82, 2.24) is 5.32 Å². The molecule has 0 aliphatic heterocycles. The van der Waals surface area contributed by atoms with Gasteiger partial charge in [0.1, 0.15) is 5.75 Å². The Bertz CT molecular complexity index is 843. The molecule has 148 valence electrons. The Hall–Kier alpha value is -2.53. The minimum Gasteiger partial charge on any atom is -0.490 e. The monoisotopic (exact) mass is 400 g/mol. The van der Waals surface area contributed by atoms with Crippen LogP contribution < -0.4 is 15.4 Å². The fraction of sp³-hybridized carbons (Fsp3) is 0.364. The van der Waals surface area contributed by atoms with Crippen LogP contribution >= 0.6 is 11.6 Å². The SMILES string of the molecule is CC(=O)c1ccc(OC2CCC(NC(=O)Nc3ccc(Cl)c(C)c3)CC2)cc1. The topological polar surface area (TPSA) is 67.4 Å². The number of amides is 2. The smallest absolute Gasteiger partial charge is 0.319 e. The normalized spacial score (nSPS) is 19.0. The molecule has 0 bridgehead atoms. The van der Waals surface area contributed by atoms with E-state index in [4.69, 9.17) is 16.3 Å². The number of Topliss-reactive ketones (excluding diaryl/α,β-unsaturated/α-hetero) is 1. The van der Waals surface area contributed by atoms with Gasteiger partial charge in [-0.05, 0) is 87.6 Å². The lowest BCUT2D eigenvalue weighted by molar-refractivity contribution is 0.101. The van der Waals surface area contributed by atoms with Crippen molar-refractivity contribution in [2.75, 3.05) is 5.32 Å². The van der Waals surface area contributed by atoms with Crippen LogP contribution in [0.25, 0.3) is 0 Å². The fourth-order valence-corrected chi connectivity index (χ4v) is 3.48. The van der Waals surface area contributed by atoms with Gasteiger partial charge in [0, 0.05) is 22.3 Å². The molecule has 1 saturated carbocycles. The minimum absolute atomic E-state index is 0.0465. The summed E-state index contributed by atoms with van der Waals surface area (Å²) < 4.78 is 6.01. The van der Waals surface area contributed by atoms with Crippen LogP contribution in [0.4, 0.5) is 10.5 Å². The first-order chi connectivity index (χ1) is 13.4. The standard InChI is InChI=1S/C22H25ClN2O3/c1-14-13-18(7-12-21(14)23)25-22(27)24-17-5-10-20(11-6-17)28-19-8-3-16(4-9-19)15(2)26/h3-4,7-9,12-13,17,20H,5-6,10-11H2,1-2H3,(H2,24,25,27). The molecule has 0 saturated heterocycles. The van der Waals surface area contributed by atoms with Crippen LogP contribution in [0.3, 0.4) is 0 Å². The third kappa shape index (κ3) is 5.49. The highest BCUT2D eigenvalue weighted by Gasteiger charge is 2.23. The van der Waals surface area contributed by atoms with E-state index in [-0.39, 0.29) is 24.0 Å². The van der Waals surface area contributed by atoms with Crippen LogP contribution in [0.15, 0.2) is 42.5 Å². The molecule has 0 spiro atoms. The number of rotatable bonds is 5. The number of hydrogen-bond donors (Lipinski definition) is 2. The molecule has 1 fully saturated rings. The number of urea groups is 1. The van der Waals surface area contributed by atoms with E-state index in [1.165, 1.54) is 0 Å². The largest absolute Gasteiger partial charge is 0.490 e. The van der Waals surface area contributed by atoms with Crippen molar-refractivity contribution in [3.8, 4) is 5.75 Å². The van der Waals surface area contributed by atoms with E-state index in [9.17, 15) is 9.59 Å². The Labute approximate surface area is 170 Å². The van der Waals surface area contributed by atoms with E-state index in [0.717, 1.165) is 42.7 Å². The van der Waals surface area contributed by atoms with Crippen LogP contribution in [0.5, 0.6) is 5.75 Å². The van der Waals surface area contributed by atoms with Crippen LogP contribution in [0, 0.1) is 6.92 Å². The Balaban J connectivity index is 1.43. The van der Waals surface area contributed by atoms with Gasteiger partial charge >= 0.3 is 6.03 Å². The van der Waals surface area contributed by atoms with Crippen molar-refractivity contribution in [1.29, 1.82) is 0 Å². The predicted octanol–water partition coefficient (Wildman–Crippen LogP) is 5.36. The van der Waals surface area contributed by atoms with Crippen LogP contribution in [0.2, 0.25) is 5.02 Å². The Kier molecular flexibility index (Phi) is 6.57. The molecule has 0 unspecified atom stereocenters. The highest BCUT2D eigenvalue weighted by atomic mass is 35.5. The molecule has 0 aromatic heterocycles. The van der Waals surface area contributed by atoms with Crippen molar-refractivity contribution in [3.63, 3.8) is 0 Å². The van der Waals surface area contributed by atoms with Gasteiger partial charge in [-0.2, -0.15) is 0 Å². The van der Waals surface area contributed by atoms with Gasteiger partial charge < -0.3 is 15.4 Å². The zero-order valence-corrected chi connectivity index (χ0v) is 16.9. The highest BCUT2D eigenvalue weighted by Crippen LogP contribution is 2.25. The molecule has 5 nitrogen and oxygen atoms in total. The molecule has 6 heteroatoms. The van der Waals surface area contributed by atoms with Crippen molar-refractivity contribution in [3.05, 3.63) is 58.6 Å². The molecular weight excluding hydrogens is 376 g/mol. The maximum atomic E-state index is 12.2. The number of hydrogen-bond acceptors (Lipinski definition) is 3. The van der Waals surface area contributed by atoms with E-state index in [1.807, 2.05) is 25.1 Å². The van der Waals surface area contributed by atoms with Gasteiger partial charge in [-0.25, -0.2) is 4.79 Å². The quantitative estimate of drug-likeness (QED) is 0.663. The second kappa shape index (κ2) is 9.11. The van der Waals surface area contributed by atoms with Crippen molar-refractivity contribution < 1.29 is 14.3 Å². The van der Waals surface area contributed by atoms with E-state index in [1.54, 1.807) is 31.2 Å². The average molecular weight is 401 g/mol. The molecule has 28 heavy (non-hydrogen) atoms. The average Bonchev–Trinajstić information content (AvgIpc) is 2.67. The molecule has 1 aliphatic carbocycles. The number of halogens is 1. The summed E-state index contributed by atoms with van der Waals surface area (Å²) in [6.45, 7) is 3.45. The predicted molar refractivity (Wildman–Crippen MR) is 111 cm³/mol. The van der Waals surface area contributed by atoms with Crippen molar-refractivity contribution in [2.24, 2.45) is 0 Å². The number of carbonyl (C=O) groups excluding carboxylic acids is 2. The molecule has 2 amide bonds. The van der Waals surface area contributed by atoms with Crippen LogP contribution in [0.1, 0.15) is 48.5 Å². The van der Waals surface area contributed by atoms with E-state index < -0.39 is 0 Å². The molecule has 3 rings (SSSR count). The lowest BCUT2D eigenvalue weighted by Gasteiger charge is -2.29. The number of aryl methyl sites for hydroxylation is 1. The number of ketones is 1. The number of ether oxygens (including phenoxy) is 1.